The van der Waals surface area contributed by atoms with Gasteiger partial charge in [0.05, 0.1) is 13.2 Å². The topological polar surface area (TPSA) is 32.8 Å². The SMILES string of the molecule is CC1(C(=O)N2CCOC(c3ccc(Cl)cc3)C2)CCN(Cc2ccccc2)CC1. The van der Waals surface area contributed by atoms with E-state index in [0.29, 0.717) is 24.7 Å². The van der Waals surface area contributed by atoms with E-state index in [9.17, 15) is 4.79 Å². The summed E-state index contributed by atoms with van der Waals surface area (Å²) in [6.07, 6.45) is 1.73. The minimum absolute atomic E-state index is 0.0771. The molecule has 154 valence electrons. The van der Waals surface area contributed by atoms with Crippen molar-refractivity contribution < 1.29 is 9.53 Å². The van der Waals surface area contributed by atoms with Gasteiger partial charge in [0.1, 0.15) is 6.10 Å². The average molecular weight is 413 g/mol. The molecule has 1 unspecified atom stereocenters. The normalized spacial score (nSPS) is 22.4. The smallest absolute Gasteiger partial charge is 0.228 e. The van der Waals surface area contributed by atoms with Gasteiger partial charge in [-0.1, -0.05) is 61.0 Å². The van der Waals surface area contributed by atoms with Crippen molar-refractivity contribution in [3.05, 3.63) is 70.7 Å². The van der Waals surface area contributed by atoms with Gasteiger partial charge in [0, 0.05) is 23.5 Å². The zero-order valence-corrected chi connectivity index (χ0v) is 17.8. The van der Waals surface area contributed by atoms with E-state index in [0.717, 1.165) is 38.0 Å². The van der Waals surface area contributed by atoms with E-state index in [1.165, 1.54) is 5.56 Å². The number of benzene rings is 2. The highest BCUT2D eigenvalue weighted by atomic mass is 35.5. The number of morpholine rings is 1. The molecule has 2 saturated heterocycles. The number of nitrogens with zero attached hydrogens (tertiary/aromatic N) is 2. The number of piperidine rings is 1. The molecular formula is C24H29ClN2O2. The molecule has 2 aliphatic heterocycles. The van der Waals surface area contributed by atoms with Crippen LogP contribution in [-0.4, -0.2) is 48.5 Å². The van der Waals surface area contributed by atoms with Crippen molar-refractivity contribution in [2.45, 2.75) is 32.4 Å². The van der Waals surface area contributed by atoms with E-state index < -0.39 is 0 Å². The van der Waals surface area contributed by atoms with Gasteiger partial charge in [-0.2, -0.15) is 0 Å². The number of hydrogen-bond acceptors (Lipinski definition) is 3. The third-order valence-electron chi connectivity index (χ3n) is 6.32. The van der Waals surface area contributed by atoms with Crippen molar-refractivity contribution in [2.24, 2.45) is 5.41 Å². The van der Waals surface area contributed by atoms with E-state index in [2.05, 4.69) is 42.2 Å². The number of carbonyl (C=O) groups is 1. The molecule has 0 N–H and O–H groups in total. The van der Waals surface area contributed by atoms with Crippen LogP contribution in [0.1, 0.15) is 37.0 Å². The van der Waals surface area contributed by atoms with Gasteiger partial charge in [-0.3, -0.25) is 9.69 Å². The fraction of sp³-hybridized carbons (Fsp3) is 0.458. The minimum atomic E-state index is -0.283. The summed E-state index contributed by atoms with van der Waals surface area (Å²) >= 11 is 6.00. The first-order chi connectivity index (χ1) is 14.0. The zero-order chi connectivity index (χ0) is 20.3. The van der Waals surface area contributed by atoms with Crippen molar-refractivity contribution in [1.29, 1.82) is 0 Å². The lowest BCUT2D eigenvalue weighted by atomic mass is 9.78. The maximum atomic E-state index is 13.4. The van der Waals surface area contributed by atoms with Crippen LogP contribution in [0.25, 0.3) is 0 Å². The molecule has 0 aliphatic carbocycles. The first-order valence-electron chi connectivity index (χ1n) is 10.5. The highest BCUT2D eigenvalue weighted by Crippen LogP contribution is 2.35. The van der Waals surface area contributed by atoms with Gasteiger partial charge < -0.3 is 9.64 Å². The van der Waals surface area contributed by atoms with Gasteiger partial charge in [-0.15, -0.1) is 0 Å². The highest BCUT2D eigenvalue weighted by molar-refractivity contribution is 6.30. The lowest BCUT2D eigenvalue weighted by Gasteiger charge is -2.43. The van der Waals surface area contributed by atoms with E-state index >= 15 is 0 Å². The van der Waals surface area contributed by atoms with Crippen LogP contribution in [0, 0.1) is 5.41 Å². The largest absolute Gasteiger partial charge is 0.370 e. The summed E-state index contributed by atoms with van der Waals surface area (Å²) in [6, 6.07) is 18.3. The Balaban J connectivity index is 1.35. The van der Waals surface area contributed by atoms with Crippen molar-refractivity contribution in [1.82, 2.24) is 9.80 Å². The minimum Gasteiger partial charge on any atom is -0.370 e. The molecule has 4 nitrogen and oxygen atoms in total. The molecule has 2 aliphatic rings. The summed E-state index contributed by atoms with van der Waals surface area (Å²) < 4.78 is 5.94. The fourth-order valence-corrected chi connectivity index (χ4v) is 4.48. The van der Waals surface area contributed by atoms with E-state index in [-0.39, 0.29) is 17.4 Å². The summed E-state index contributed by atoms with van der Waals surface area (Å²) in [5.74, 6) is 0.277. The maximum Gasteiger partial charge on any atom is 0.228 e. The predicted octanol–water partition coefficient (Wildman–Crippen LogP) is 4.54. The lowest BCUT2D eigenvalue weighted by molar-refractivity contribution is -0.151. The molecule has 0 aromatic heterocycles. The molecule has 29 heavy (non-hydrogen) atoms. The van der Waals surface area contributed by atoms with Crippen LogP contribution >= 0.6 is 11.6 Å². The van der Waals surface area contributed by atoms with E-state index in [1.807, 2.05) is 29.2 Å². The van der Waals surface area contributed by atoms with Crippen LogP contribution in [0.4, 0.5) is 0 Å². The summed E-state index contributed by atoms with van der Waals surface area (Å²) in [5.41, 5.74) is 2.13. The number of amides is 1. The summed E-state index contributed by atoms with van der Waals surface area (Å²) in [7, 11) is 0. The van der Waals surface area contributed by atoms with Crippen LogP contribution < -0.4 is 0 Å². The number of rotatable bonds is 4. The third-order valence-corrected chi connectivity index (χ3v) is 6.57. The first-order valence-corrected chi connectivity index (χ1v) is 10.8. The molecule has 4 rings (SSSR count). The summed E-state index contributed by atoms with van der Waals surface area (Å²) in [6.45, 7) is 6.89. The molecule has 2 aromatic carbocycles. The Kier molecular flexibility index (Phi) is 6.23. The standard InChI is InChI=1S/C24H29ClN2O2/c1-24(11-13-26(14-12-24)17-19-5-3-2-4-6-19)23(28)27-15-16-29-22(18-27)20-7-9-21(25)10-8-20/h2-10,22H,11-18H2,1H3. The number of ether oxygens (including phenoxy) is 1. The molecule has 0 saturated carbocycles. The van der Waals surface area contributed by atoms with E-state index in [4.69, 9.17) is 16.3 Å². The monoisotopic (exact) mass is 412 g/mol. The van der Waals surface area contributed by atoms with Gasteiger partial charge >= 0.3 is 0 Å². The van der Waals surface area contributed by atoms with E-state index in [1.54, 1.807) is 0 Å². The molecule has 5 heteroatoms. The second-order valence-corrected chi connectivity index (χ2v) is 8.92. The third kappa shape index (κ3) is 4.82. The second-order valence-electron chi connectivity index (χ2n) is 8.48. The van der Waals surface area contributed by atoms with Crippen LogP contribution in [0.5, 0.6) is 0 Å². The van der Waals surface area contributed by atoms with Crippen LogP contribution in [0.2, 0.25) is 5.02 Å². The van der Waals surface area contributed by atoms with Gasteiger partial charge in [0.2, 0.25) is 5.91 Å². The van der Waals surface area contributed by atoms with Crippen molar-refractivity contribution in [2.75, 3.05) is 32.8 Å². The van der Waals surface area contributed by atoms with Crippen LogP contribution in [0.15, 0.2) is 54.6 Å². The van der Waals surface area contributed by atoms with Gasteiger partial charge in [0.25, 0.3) is 0 Å². The predicted molar refractivity (Wildman–Crippen MR) is 116 cm³/mol. The first kappa shape index (κ1) is 20.4. The van der Waals surface area contributed by atoms with Crippen molar-refractivity contribution in [3.8, 4) is 0 Å². The molecule has 0 spiro atoms. The highest BCUT2D eigenvalue weighted by Gasteiger charge is 2.41. The van der Waals surface area contributed by atoms with Gasteiger partial charge in [-0.05, 0) is 49.2 Å². The van der Waals surface area contributed by atoms with Gasteiger partial charge in [0.15, 0.2) is 0 Å². The molecule has 0 radical (unpaired) electrons. The van der Waals surface area contributed by atoms with Crippen LogP contribution in [-0.2, 0) is 16.1 Å². The molecular weight excluding hydrogens is 384 g/mol. The number of halogens is 1. The maximum absolute atomic E-state index is 13.4. The molecule has 1 amide bonds. The fourth-order valence-electron chi connectivity index (χ4n) is 4.35. The number of likely N-dealkylation sites (tertiary alicyclic amines) is 1. The van der Waals surface area contributed by atoms with Crippen molar-refractivity contribution >= 4 is 17.5 Å². The van der Waals surface area contributed by atoms with Crippen molar-refractivity contribution in [3.63, 3.8) is 0 Å². The Morgan fingerprint density at radius 1 is 1.07 bits per heavy atom. The molecule has 1 atom stereocenters. The van der Waals surface area contributed by atoms with Gasteiger partial charge in [-0.25, -0.2) is 0 Å². The second kappa shape index (κ2) is 8.86. The Bertz CT molecular complexity index is 817. The molecule has 2 aromatic rings. The van der Waals surface area contributed by atoms with Crippen LogP contribution in [0.3, 0.4) is 0 Å². The summed E-state index contributed by atoms with van der Waals surface area (Å²) in [4.78, 5) is 17.9. The Labute approximate surface area is 178 Å². The number of carbonyl (C=O) groups excluding carboxylic acids is 1. The zero-order valence-electron chi connectivity index (χ0n) is 17.0. The summed E-state index contributed by atoms with van der Waals surface area (Å²) in [5, 5.41) is 0.715. The molecule has 0 bridgehead atoms. The Morgan fingerprint density at radius 2 is 1.76 bits per heavy atom. The molecule has 2 heterocycles. The Morgan fingerprint density at radius 3 is 2.45 bits per heavy atom. The Hall–Kier alpha value is -1.88. The quantitative estimate of drug-likeness (QED) is 0.738. The number of hydrogen-bond donors (Lipinski definition) is 0. The molecule has 2 fully saturated rings. The average Bonchev–Trinajstić information content (AvgIpc) is 2.76. The lowest BCUT2D eigenvalue weighted by Crippen LogP contribution is -2.52.